The Morgan fingerprint density at radius 3 is 2.79 bits per heavy atom. The maximum Gasteiger partial charge on any atom is 0.121 e. The van der Waals surface area contributed by atoms with Crippen LogP contribution >= 0.6 is 11.6 Å². The maximum atomic E-state index is 9.58. The van der Waals surface area contributed by atoms with Gasteiger partial charge >= 0.3 is 0 Å². The van der Waals surface area contributed by atoms with E-state index in [1.54, 1.807) is 18.2 Å². The summed E-state index contributed by atoms with van der Waals surface area (Å²) in [6.45, 7) is 2.82. The van der Waals surface area contributed by atoms with Crippen molar-refractivity contribution in [2.75, 3.05) is 0 Å². The van der Waals surface area contributed by atoms with Crippen LogP contribution in [-0.4, -0.2) is 10.6 Å². The van der Waals surface area contributed by atoms with Crippen LogP contribution in [0, 0.1) is 0 Å². The van der Waals surface area contributed by atoms with E-state index < -0.39 is 0 Å². The molecule has 0 atom stereocenters. The van der Waals surface area contributed by atoms with Crippen LogP contribution in [0.2, 0.25) is 5.02 Å². The molecule has 76 valence electrons. The summed E-state index contributed by atoms with van der Waals surface area (Å²) in [5, 5.41) is 13.6. The number of aromatic hydroxyl groups is 1. The Morgan fingerprint density at radius 1 is 1.50 bits per heavy atom. The van der Waals surface area contributed by atoms with Crippen molar-refractivity contribution in [1.29, 1.82) is 0 Å². The van der Waals surface area contributed by atoms with Gasteiger partial charge in [0.1, 0.15) is 5.75 Å². The molecule has 14 heavy (non-hydrogen) atoms. The molecule has 1 aromatic carbocycles. The number of phenols is 1. The number of hydrogen-bond acceptors (Lipinski definition) is 2. The molecule has 1 aliphatic carbocycles. The molecular formula is C11H14ClNO. The van der Waals surface area contributed by atoms with E-state index in [4.69, 9.17) is 11.6 Å². The highest BCUT2D eigenvalue weighted by Gasteiger charge is 2.36. The van der Waals surface area contributed by atoms with Gasteiger partial charge in [0.15, 0.2) is 0 Å². The molecule has 1 aliphatic rings. The fourth-order valence-corrected chi connectivity index (χ4v) is 1.62. The third kappa shape index (κ3) is 2.02. The summed E-state index contributed by atoms with van der Waals surface area (Å²) in [6.07, 6.45) is 2.41. The summed E-state index contributed by atoms with van der Waals surface area (Å²) in [7, 11) is 0. The number of halogens is 1. The van der Waals surface area contributed by atoms with E-state index in [9.17, 15) is 5.11 Å². The fourth-order valence-electron chi connectivity index (χ4n) is 1.39. The number of nitrogens with one attached hydrogen (secondary N) is 1. The van der Waals surface area contributed by atoms with Crippen LogP contribution in [-0.2, 0) is 6.54 Å². The van der Waals surface area contributed by atoms with Gasteiger partial charge in [0, 0.05) is 22.7 Å². The minimum absolute atomic E-state index is 0.269. The zero-order valence-electron chi connectivity index (χ0n) is 8.18. The van der Waals surface area contributed by atoms with E-state index in [1.807, 2.05) is 0 Å². The van der Waals surface area contributed by atoms with E-state index in [0.29, 0.717) is 11.6 Å². The first-order valence-electron chi connectivity index (χ1n) is 4.82. The maximum absolute atomic E-state index is 9.58. The van der Waals surface area contributed by atoms with Crippen LogP contribution in [0.1, 0.15) is 25.3 Å². The highest BCUT2D eigenvalue weighted by atomic mass is 35.5. The Labute approximate surface area is 88.9 Å². The molecule has 2 nitrogen and oxygen atoms in total. The van der Waals surface area contributed by atoms with Gasteiger partial charge in [-0.05, 0) is 31.9 Å². The Morgan fingerprint density at radius 2 is 2.21 bits per heavy atom. The quantitative estimate of drug-likeness (QED) is 0.806. The lowest BCUT2D eigenvalue weighted by molar-refractivity contribution is 0.457. The van der Waals surface area contributed by atoms with Gasteiger partial charge in [0.25, 0.3) is 0 Å². The second kappa shape index (κ2) is 3.44. The van der Waals surface area contributed by atoms with Crippen molar-refractivity contribution < 1.29 is 5.11 Å². The van der Waals surface area contributed by atoms with Gasteiger partial charge in [-0.1, -0.05) is 17.7 Å². The molecule has 0 heterocycles. The first-order chi connectivity index (χ1) is 6.61. The highest BCUT2D eigenvalue weighted by molar-refractivity contribution is 6.31. The average molecular weight is 212 g/mol. The predicted molar refractivity (Wildman–Crippen MR) is 57.6 cm³/mol. The Hall–Kier alpha value is -0.730. The van der Waals surface area contributed by atoms with Crippen molar-refractivity contribution in [2.24, 2.45) is 0 Å². The Kier molecular flexibility index (Phi) is 2.41. The van der Waals surface area contributed by atoms with Gasteiger partial charge in [-0.25, -0.2) is 0 Å². The summed E-state index contributed by atoms with van der Waals surface area (Å²) >= 11 is 5.98. The van der Waals surface area contributed by atoms with Crippen LogP contribution in [0.5, 0.6) is 5.75 Å². The zero-order chi connectivity index (χ0) is 10.2. The zero-order valence-corrected chi connectivity index (χ0v) is 8.93. The summed E-state index contributed by atoms with van der Waals surface area (Å²) in [6, 6.07) is 5.21. The minimum atomic E-state index is 0.269. The molecule has 0 saturated heterocycles. The average Bonchev–Trinajstić information content (AvgIpc) is 2.83. The lowest BCUT2D eigenvalue weighted by Gasteiger charge is -2.13. The van der Waals surface area contributed by atoms with E-state index >= 15 is 0 Å². The molecule has 1 aromatic rings. The van der Waals surface area contributed by atoms with Crippen molar-refractivity contribution in [2.45, 2.75) is 31.8 Å². The SMILES string of the molecule is CC1(NCc2c(O)cccc2Cl)CC1. The second-order valence-electron chi connectivity index (χ2n) is 4.15. The standard InChI is InChI=1S/C11H14ClNO/c1-11(5-6-11)13-7-8-9(12)3-2-4-10(8)14/h2-4,13-14H,5-7H2,1H3. The number of hydrogen-bond donors (Lipinski definition) is 2. The summed E-state index contributed by atoms with van der Waals surface area (Å²) in [5.74, 6) is 0.272. The van der Waals surface area contributed by atoms with Gasteiger partial charge in [-0.3, -0.25) is 0 Å². The van der Waals surface area contributed by atoms with Crippen LogP contribution in [0.15, 0.2) is 18.2 Å². The third-order valence-corrected chi connectivity index (χ3v) is 3.14. The van der Waals surface area contributed by atoms with Gasteiger partial charge in [-0.15, -0.1) is 0 Å². The van der Waals surface area contributed by atoms with Crippen LogP contribution in [0.3, 0.4) is 0 Å². The lowest BCUT2D eigenvalue weighted by atomic mass is 10.2. The molecule has 0 aliphatic heterocycles. The summed E-state index contributed by atoms with van der Waals surface area (Å²) in [4.78, 5) is 0. The summed E-state index contributed by atoms with van der Waals surface area (Å²) < 4.78 is 0. The Balaban J connectivity index is 2.08. The summed E-state index contributed by atoms with van der Waals surface area (Å²) in [5.41, 5.74) is 1.06. The van der Waals surface area contributed by atoms with Crippen molar-refractivity contribution in [3.63, 3.8) is 0 Å². The van der Waals surface area contributed by atoms with Gasteiger partial charge in [0.05, 0.1) is 0 Å². The molecule has 1 saturated carbocycles. The second-order valence-corrected chi connectivity index (χ2v) is 4.56. The topological polar surface area (TPSA) is 32.3 Å². The van der Waals surface area contributed by atoms with E-state index in [2.05, 4.69) is 12.2 Å². The molecule has 1 fully saturated rings. The van der Waals surface area contributed by atoms with Crippen molar-refractivity contribution in [3.8, 4) is 5.75 Å². The van der Waals surface area contributed by atoms with E-state index in [-0.39, 0.29) is 11.3 Å². The molecule has 0 bridgehead atoms. The molecule has 2 rings (SSSR count). The highest BCUT2D eigenvalue weighted by Crippen LogP contribution is 2.35. The first-order valence-corrected chi connectivity index (χ1v) is 5.20. The van der Waals surface area contributed by atoms with Crippen LogP contribution in [0.4, 0.5) is 0 Å². The monoisotopic (exact) mass is 211 g/mol. The molecule has 0 unspecified atom stereocenters. The van der Waals surface area contributed by atoms with Crippen molar-refractivity contribution >= 4 is 11.6 Å². The molecule has 0 aromatic heterocycles. The van der Waals surface area contributed by atoms with Crippen LogP contribution in [0.25, 0.3) is 0 Å². The molecular weight excluding hydrogens is 198 g/mol. The van der Waals surface area contributed by atoms with E-state index in [1.165, 1.54) is 12.8 Å². The molecule has 0 spiro atoms. The predicted octanol–water partition coefficient (Wildman–Crippen LogP) is 2.69. The lowest BCUT2D eigenvalue weighted by Crippen LogP contribution is -2.27. The smallest absolute Gasteiger partial charge is 0.121 e. The van der Waals surface area contributed by atoms with Crippen molar-refractivity contribution in [1.82, 2.24) is 5.32 Å². The van der Waals surface area contributed by atoms with E-state index in [0.717, 1.165) is 5.56 Å². The molecule has 0 radical (unpaired) electrons. The first kappa shape index (κ1) is 9.81. The largest absolute Gasteiger partial charge is 0.508 e. The third-order valence-electron chi connectivity index (χ3n) is 2.79. The van der Waals surface area contributed by atoms with Gasteiger partial charge in [-0.2, -0.15) is 0 Å². The van der Waals surface area contributed by atoms with Crippen LogP contribution < -0.4 is 5.32 Å². The molecule has 0 amide bonds. The molecule has 3 heteroatoms. The normalized spacial score (nSPS) is 18.1. The van der Waals surface area contributed by atoms with Gasteiger partial charge < -0.3 is 10.4 Å². The fraction of sp³-hybridized carbons (Fsp3) is 0.455. The Bertz CT molecular complexity index is 327. The number of rotatable bonds is 3. The molecule has 2 N–H and O–H groups in total. The van der Waals surface area contributed by atoms with Gasteiger partial charge in [0.2, 0.25) is 0 Å². The number of phenolic OH excluding ortho intramolecular Hbond substituents is 1. The van der Waals surface area contributed by atoms with Crippen molar-refractivity contribution in [3.05, 3.63) is 28.8 Å². The number of benzene rings is 1. The minimum Gasteiger partial charge on any atom is -0.508 e.